The summed E-state index contributed by atoms with van der Waals surface area (Å²) in [5.74, 6) is 0.184. The fourth-order valence-corrected chi connectivity index (χ4v) is 2.67. The van der Waals surface area contributed by atoms with Gasteiger partial charge in [0.25, 0.3) is 5.69 Å². The Balaban J connectivity index is 1.97. The number of rotatable bonds is 7. The molecule has 3 rings (SSSR count). The van der Waals surface area contributed by atoms with Crippen molar-refractivity contribution in [3.05, 3.63) is 98.1 Å². The van der Waals surface area contributed by atoms with E-state index >= 15 is 0 Å². The summed E-state index contributed by atoms with van der Waals surface area (Å²) in [6, 6.07) is 15.9. The number of nitro benzene ring substituents is 2. The van der Waals surface area contributed by atoms with Gasteiger partial charge in [-0.2, -0.15) is 5.10 Å². The van der Waals surface area contributed by atoms with E-state index in [0.717, 1.165) is 17.7 Å². The molecule has 0 spiro atoms. The van der Waals surface area contributed by atoms with Crippen LogP contribution >= 0.6 is 0 Å². The molecular formula is C20H16N4O6. The minimum absolute atomic E-state index is 0.00687. The Labute approximate surface area is 170 Å². The van der Waals surface area contributed by atoms with Crippen molar-refractivity contribution in [3.63, 3.8) is 0 Å². The van der Waals surface area contributed by atoms with E-state index in [1.165, 1.54) is 30.3 Å². The third-order valence-electron chi connectivity index (χ3n) is 4.21. The SMILES string of the molecule is O=[N+]([O-])c1ccc(N/N=C(\Cc2ccc(O)cc2)c2ccc(O)cc2)c([N+](=O)[O-])c1. The van der Waals surface area contributed by atoms with E-state index in [-0.39, 0.29) is 17.2 Å². The van der Waals surface area contributed by atoms with E-state index in [0.29, 0.717) is 17.7 Å². The van der Waals surface area contributed by atoms with Crippen LogP contribution in [0.3, 0.4) is 0 Å². The molecule has 10 nitrogen and oxygen atoms in total. The van der Waals surface area contributed by atoms with Crippen LogP contribution in [0.25, 0.3) is 0 Å². The highest BCUT2D eigenvalue weighted by Gasteiger charge is 2.19. The third-order valence-corrected chi connectivity index (χ3v) is 4.21. The highest BCUT2D eigenvalue weighted by atomic mass is 16.6. The van der Waals surface area contributed by atoms with E-state index in [1.54, 1.807) is 24.3 Å². The van der Waals surface area contributed by atoms with Crippen molar-refractivity contribution in [3.8, 4) is 11.5 Å². The summed E-state index contributed by atoms with van der Waals surface area (Å²) in [4.78, 5) is 20.8. The van der Waals surface area contributed by atoms with Crippen LogP contribution < -0.4 is 5.43 Å². The van der Waals surface area contributed by atoms with Gasteiger partial charge in [0.1, 0.15) is 17.2 Å². The standard InChI is InChI=1S/C20H16N4O6/c25-16-6-1-13(2-7-16)11-19(14-3-8-17(26)9-4-14)22-21-18-10-5-15(23(27)28)12-20(18)24(29)30/h1-10,12,21,25-26H,11H2/b22-19+. The van der Waals surface area contributed by atoms with Crippen LogP contribution in [0.5, 0.6) is 11.5 Å². The number of non-ortho nitro benzene ring substituents is 1. The molecule has 0 atom stereocenters. The molecule has 0 saturated carbocycles. The predicted octanol–water partition coefficient (Wildman–Crippen LogP) is 3.97. The summed E-state index contributed by atoms with van der Waals surface area (Å²) in [7, 11) is 0. The van der Waals surface area contributed by atoms with Crippen LogP contribution in [0.15, 0.2) is 71.8 Å². The summed E-state index contributed by atoms with van der Waals surface area (Å²) in [5.41, 5.74) is 3.69. The lowest BCUT2D eigenvalue weighted by Gasteiger charge is -2.09. The van der Waals surface area contributed by atoms with Gasteiger partial charge >= 0.3 is 5.69 Å². The zero-order chi connectivity index (χ0) is 21.7. The predicted molar refractivity (Wildman–Crippen MR) is 110 cm³/mol. The van der Waals surface area contributed by atoms with Crippen LogP contribution in [0.2, 0.25) is 0 Å². The molecule has 3 aromatic carbocycles. The Hall–Kier alpha value is -4.47. The number of hydrogen-bond acceptors (Lipinski definition) is 8. The molecule has 0 unspecified atom stereocenters. The highest BCUT2D eigenvalue weighted by Crippen LogP contribution is 2.29. The smallest absolute Gasteiger partial charge is 0.301 e. The molecule has 3 aromatic rings. The lowest BCUT2D eigenvalue weighted by atomic mass is 10.0. The van der Waals surface area contributed by atoms with E-state index in [9.17, 15) is 30.4 Å². The van der Waals surface area contributed by atoms with Gasteiger partial charge in [-0.05, 0) is 53.6 Å². The number of hydrogen-bond donors (Lipinski definition) is 3. The number of nitrogens with zero attached hydrogens (tertiary/aromatic N) is 3. The van der Waals surface area contributed by atoms with Crippen molar-refractivity contribution >= 4 is 22.8 Å². The van der Waals surface area contributed by atoms with Crippen LogP contribution in [-0.4, -0.2) is 25.8 Å². The second-order valence-corrected chi connectivity index (χ2v) is 6.28. The van der Waals surface area contributed by atoms with Gasteiger partial charge in [-0.1, -0.05) is 12.1 Å². The summed E-state index contributed by atoms with van der Waals surface area (Å²) in [6.45, 7) is 0. The average Bonchev–Trinajstić information content (AvgIpc) is 2.73. The molecule has 10 heteroatoms. The zero-order valence-corrected chi connectivity index (χ0v) is 15.4. The van der Waals surface area contributed by atoms with Crippen molar-refractivity contribution in [1.82, 2.24) is 0 Å². The van der Waals surface area contributed by atoms with Crippen LogP contribution in [0, 0.1) is 20.2 Å². The number of hydrazone groups is 1. The fraction of sp³-hybridized carbons (Fsp3) is 0.0500. The number of phenols is 2. The van der Waals surface area contributed by atoms with Crippen molar-refractivity contribution in [2.24, 2.45) is 5.10 Å². The van der Waals surface area contributed by atoms with Crippen molar-refractivity contribution in [2.45, 2.75) is 6.42 Å². The second kappa shape index (κ2) is 8.69. The van der Waals surface area contributed by atoms with E-state index in [2.05, 4.69) is 10.5 Å². The largest absolute Gasteiger partial charge is 0.508 e. The molecule has 0 aliphatic carbocycles. The molecule has 0 fully saturated rings. The monoisotopic (exact) mass is 408 g/mol. The molecule has 0 radical (unpaired) electrons. The Morgan fingerprint density at radius 2 is 1.47 bits per heavy atom. The number of nitrogens with one attached hydrogen (secondary N) is 1. The second-order valence-electron chi connectivity index (χ2n) is 6.28. The molecule has 0 heterocycles. The highest BCUT2D eigenvalue weighted by molar-refractivity contribution is 6.02. The van der Waals surface area contributed by atoms with Crippen molar-refractivity contribution in [1.29, 1.82) is 0 Å². The molecule has 30 heavy (non-hydrogen) atoms. The van der Waals surface area contributed by atoms with Gasteiger partial charge in [-0.3, -0.25) is 25.7 Å². The zero-order valence-electron chi connectivity index (χ0n) is 15.4. The maximum absolute atomic E-state index is 11.3. The molecule has 0 aliphatic heterocycles. The number of phenolic OH excluding ortho intramolecular Hbond substituents is 2. The minimum atomic E-state index is -0.731. The number of benzene rings is 3. The first-order valence-electron chi connectivity index (χ1n) is 8.66. The van der Waals surface area contributed by atoms with Crippen LogP contribution in [0.4, 0.5) is 17.1 Å². The van der Waals surface area contributed by atoms with Crippen LogP contribution in [0.1, 0.15) is 11.1 Å². The van der Waals surface area contributed by atoms with Gasteiger partial charge in [-0.15, -0.1) is 0 Å². The Morgan fingerprint density at radius 1 is 0.867 bits per heavy atom. The molecule has 0 saturated heterocycles. The lowest BCUT2D eigenvalue weighted by molar-refractivity contribution is -0.393. The van der Waals surface area contributed by atoms with Crippen molar-refractivity contribution in [2.75, 3.05) is 5.43 Å². The number of nitro groups is 2. The first kappa shape index (κ1) is 20.3. The van der Waals surface area contributed by atoms with E-state index in [1.807, 2.05) is 0 Å². The van der Waals surface area contributed by atoms with Gasteiger partial charge in [0.15, 0.2) is 0 Å². The Kier molecular flexibility index (Phi) is 5.87. The van der Waals surface area contributed by atoms with E-state index < -0.39 is 21.2 Å². The number of anilines is 1. The molecule has 0 aromatic heterocycles. The summed E-state index contributed by atoms with van der Waals surface area (Å²) in [5, 5.41) is 45.5. The summed E-state index contributed by atoms with van der Waals surface area (Å²) >= 11 is 0. The normalized spacial score (nSPS) is 11.1. The summed E-state index contributed by atoms with van der Waals surface area (Å²) in [6.07, 6.45) is 0.318. The molecular weight excluding hydrogens is 392 g/mol. The van der Waals surface area contributed by atoms with Gasteiger partial charge in [0.05, 0.1) is 21.6 Å². The molecule has 0 bridgehead atoms. The number of aromatic hydroxyl groups is 2. The first-order chi connectivity index (χ1) is 14.3. The van der Waals surface area contributed by atoms with Gasteiger partial charge in [0.2, 0.25) is 0 Å². The minimum Gasteiger partial charge on any atom is -0.508 e. The van der Waals surface area contributed by atoms with Gasteiger partial charge < -0.3 is 10.2 Å². The molecule has 152 valence electrons. The van der Waals surface area contributed by atoms with Crippen molar-refractivity contribution < 1.29 is 20.1 Å². The lowest BCUT2D eigenvalue weighted by Crippen LogP contribution is -2.09. The maximum atomic E-state index is 11.3. The molecule has 0 aliphatic rings. The molecule has 0 amide bonds. The third kappa shape index (κ3) is 4.87. The van der Waals surface area contributed by atoms with E-state index in [4.69, 9.17) is 0 Å². The fourth-order valence-electron chi connectivity index (χ4n) is 2.67. The van der Waals surface area contributed by atoms with Gasteiger partial charge in [-0.25, -0.2) is 0 Å². The summed E-state index contributed by atoms with van der Waals surface area (Å²) < 4.78 is 0. The maximum Gasteiger partial charge on any atom is 0.301 e. The Morgan fingerprint density at radius 3 is 2.03 bits per heavy atom. The topological polar surface area (TPSA) is 151 Å². The average molecular weight is 408 g/mol. The quantitative estimate of drug-likeness (QED) is 0.304. The van der Waals surface area contributed by atoms with Crippen LogP contribution in [-0.2, 0) is 6.42 Å². The molecule has 3 N–H and O–H groups in total. The Bertz CT molecular complexity index is 1110. The first-order valence-corrected chi connectivity index (χ1v) is 8.66. The van der Waals surface area contributed by atoms with Gasteiger partial charge in [0, 0.05) is 12.5 Å².